The van der Waals surface area contributed by atoms with Gasteiger partial charge in [-0.05, 0) is 19.9 Å². The van der Waals surface area contributed by atoms with Crippen molar-refractivity contribution in [2.75, 3.05) is 0 Å². The molecule has 0 saturated heterocycles. The standard InChI is InChI=1S/C10H12ClNO5S/c1-7(2)17-10-4-3-9(12(13)14)5-8(10)6-18(11,15)16/h3-5,7H,6H2,1-2H3. The van der Waals surface area contributed by atoms with E-state index in [1.807, 2.05) is 0 Å². The summed E-state index contributed by atoms with van der Waals surface area (Å²) in [5.41, 5.74) is -0.0330. The maximum Gasteiger partial charge on any atom is 0.270 e. The van der Waals surface area contributed by atoms with Crippen molar-refractivity contribution >= 4 is 25.4 Å². The maximum atomic E-state index is 11.1. The summed E-state index contributed by atoms with van der Waals surface area (Å²) in [5, 5.41) is 10.6. The van der Waals surface area contributed by atoms with Crippen LogP contribution in [-0.4, -0.2) is 19.4 Å². The van der Waals surface area contributed by atoms with Crippen LogP contribution in [0.4, 0.5) is 5.69 Å². The number of benzene rings is 1. The van der Waals surface area contributed by atoms with E-state index < -0.39 is 19.7 Å². The van der Waals surface area contributed by atoms with Gasteiger partial charge in [0.25, 0.3) is 5.69 Å². The lowest BCUT2D eigenvalue weighted by Gasteiger charge is -2.13. The van der Waals surface area contributed by atoms with Crippen molar-refractivity contribution in [2.24, 2.45) is 0 Å². The zero-order valence-electron chi connectivity index (χ0n) is 9.79. The fourth-order valence-electron chi connectivity index (χ4n) is 1.35. The summed E-state index contributed by atoms with van der Waals surface area (Å²) in [7, 11) is 1.35. The quantitative estimate of drug-likeness (QED) is 0.473. The summed E-state index contributed by atoms with van der Waals surface area (Å²) >= 11 is 0. The van der Waals surface area contributed by atoms with Crippen LogP contribution in [0.1, 0.15) is 19.4 Å². The topological polar surface area (TPSA) is 86.5 Å². The normalized spacial score (nSPS) is 11.6. The summed E-state index contributed by atoms with van der Waals surface area (Å²) in [6.45, 7) is 3.53. The van der Waals surface area contributed by atoms with E-state index in [0.717, 1.165) is 6.07 Å². The molecule has 1 aromatic carbocycles. The Kier molecular flexibility index (Phi) is 4.53. The van der Waals surface area contributed by atoms with E-state index in [1.165, 1.54) is 12.1 Å². The molecule has 0 atom stereocenters. The molecule has 0 N–H and O–H groups in total. The van der Waals surface area contributed by atoms with Crippen LogP contribution in [0.25, 0.3) is 0 Å². The SMILES string of the molecule is CC(C)Oc1ccc([N+](=O)[O-])cc1CS(=O)(=O)Cl. The molecule has 0 heterocycles. The highest BCUT2D eigenvalue weighted by molar-refractivity contribution is 8.13. The van der Waals surface area contributed by atoms with Crippen LogP contribution in [0.2, 0.25) is 0 Å². The van der Waals surface area contributed by atoms with Gasteiger partial charge < -0.3 is 4.74 Å². The number of ether oxygens (including phenoxy) is 1. The molecule has 0 aliphatic heterocycles. The van der Waals surface area contributed by atoms with Crippen molar-refractivity contribution in [1.29, 1.82) is 0 Å². The average molecular weight is 294 g/mol. The predicted molar refractivity (Wildman–Crippen MR) is 67.3 cm³/mol. The molecule has 0 amide bonds. The Morgan fingerprint density at radius 2 is 2.06 bits per heavy atom. The molecule has 0 bridgehead atoms. The maximum absolute atomic E-state index is 11.1. The molecule has 0 aliphatic rings. The van der Waals surface area contributed by atoms with Crippen molar-refractivity contribution in [1.82, 2.24) is 0 Å². The van der Waals surface area contributed by atoms with Gasteiger partial charge in [0, 0.05) is 28.4 Å². The summed E-state index contributed by atoms with van der Waals surface area (Å²) in [6.07, 6.45) is -0.178. The van der Waals surface area contributed by atoms with Crippen molar-refractivity contribution in [3.05, 3.63) is 33.9 Å². The second-order valence-electron chi connectivity index (χ2n) is 3.90. The van der Waals surface area contributed by atoms with Gasteiger partial charge in [0.05, 0.1) is 16.8 Å². The molecule has 0 aliphatic carbocycles. The Labute approximate surface area is 109 Å². The van der Waals surface area contributed by atoms with E-state index in [-0.39, 0.29) is 23.1 Å². The molecule has 0 spiro atoms. The molecule has 1 rings (SSSR count). The number of halogens is 1. The number of nitro benzene ring substituents is 1. The Morgan fingerprint density at radius 3 is 2.50 bits per heavy atom. The number of hydrogen-bond acceptors (Lipinski definition) is 5. The smallest absolute Gasteiger partial charge is 0.270 e. The van der Waals surface area contributed by atoms with Crippen molar-refractivity contribution in [3.63, 3.8) is 0 Å². The van der Waals surface area contributed by atoms with Crippen LogP contribution in [0.15, 0.2) is 18.2 Å². The van der Waals surface area contributed by atoms with Crippen LogP contribution < -0.4 is 4.74 Å². The fourth-order valence-corrected chi connectivity index (χ4v) is 2.30. The highest BCUT2D eigenvalue weighted by Gasteiger charge is 2.17. The monoisotopic (exact) mass is 293 g/mol. The summed E-state index contributed by atoms with van der Waals surface area (Å²) in [6, 6.07) is 3.77. The first-order valence-electron chi connectivity index (χ1n) is 5.05. The molecule has 0 unspecified atom stereocenters. The zero-order valence-corrected chi connectivity index (χ0v) is 11.4. The van der Waals surface area contributed by atoms with E-state index >= 15 is 0 Å². The molecule has 6 nitrogen and oxygen atoms in total. The van der Waals surface area contributed by atoms with Gasteiger partial charge in [-0.3, -0.25) is 10.1 Å². The van der Waals surface area contributed by atoms with Crippen LogP contribution >= 0.6 is 10.7 Å². The van der Waals surface area contributed by atoms with E-state index in [2.05, 4.69) is 0 Å². The van der Waals surface area contributed by atoms with Gasteiger partial charge in [0.1, 0.15) is 5.75 Å². The number of nitro groups is 1. The molecule has 0 aromatic heterocycles. The van der Waals surface area contributed by atoms with E-state index in [4.69, 9.17) is 15.4 Å². The Hall–Kier alpha value is -1.34. The number of non-ortho nitro benzene ring substituents is 1. The minimum absolute atomic E-state index is 0.174. The first-order chi connectivity index (χ1) is 8.19. The van der Waals surface area contributed by atoms with E-state index in [0.29, 0.717) is 0 Å². The van der Waals surface area contributed by atoms with Crippen LogP contribution in [0.3, 0.4) is 0 Å². The minimum atomic E-state index is -3.81. The van der Waals surface area contributed by atoms with Gasteiger partial charge in [-0.1, -0.05) is 0 Å². The summed E-state index contributed by atoms with van der Waals surface area (Å²) < 4.78 is 27.5. The number of nitrogens with zero attached hydrogens (tertiary/aromatic N) is 1. The average Bonchev–Trinajstić information content (AvgIpc) is 2.17. The van der Waals surface area contributed by atoms with Gasteiger partial charge in [0.15, 0.2) is 0 Å². The summed E-state index contributed by atoms with van der Waals surface area (Å²) in [4.78, 5) is 10.0. The van der Waals surface area contributed by atoms with Gasteiger partial charge >= 0.3 is 0 Å². The van der Waals surface area contributed by atoms with Crippen LogP contribution in [0, 0.1) is 10.1 Å². The highest BCUT2D eigenvalue weighted by atomic mass is 35.7. The molecule has 8 heteroatoms. The van der Waals surface area contributed by atoms with E-state index in [1.54, 1.807) is 13.8 Å². The molecular formula is C10H12ClNO5S. The van der Waals surface area contributed by atoms with E-state index in [9.17, 15) is 18.5 Å². The molecule has 0 radical (unpaired) electrons. The molecule has 18 heavy (non-hydrogen) atoms. The number of hydrogen-bond donors (Lipinski definition) is 0. The first kappa shape index (κ1) is 14.7. The lowest BCUT2D eigenvalue weighted by atomic mass is 10.2. The number of rotatable bonds is 5. The summed E-state index contributed by atoms with van der Waals surface area (Å²) in [5.74, 6) is -0.238. The second-order valence-corrected chi connectivity index (χ2v) is 6.68. The fraction of sp³-hybridized carbons (Fsp3) is 0.400. The molecular weight excluding hydrogens is 282 g/mol. The van der Waals surface area contributed by atoms with Crippen molar-refractivity contribution in [3.8, 4) is 5.75 Å². The minimum Gasteiger partial charge on any atom is -0.491 e. The highest BCUT2D eigenvalue weighted by Crippen LogP contribution is 2.27. The van der Waals surface area contributed by atoms with Crippen molar-refractivity contribution < 1.29 is 18.1 Å². The van der Waals surface area contributed by atoms with Crippen molar-refractivity contribution in [2.45, 2.75) is 25.7 Å². The van der Waals surface area contributed by atoms with Gasteiger partial charge in [-0.2, -0.15) is 0 Å². The third-order valence-electron chi connectivity index (χ3n) is 1.95. The predicted octanol–water partition coefficient (Wildman–Crippen LogP) is 2.45. The Morgan fingerprint density at radius 1 is 1.44 bits per heavy atom. The zero-order chi connectivity index (χ0) is 13.9. The Bertz CT molecular complexity index is 555. The lowest BCUT2D eigenvalue weighted by Crippen LogP contribution is -2.09. The van der Waals surface area contributed by atoms with Gasteiger partial charge in [-0.25, -0.2) is 8.42 Å². The first-order valence-corrected chi connectivity index (χ1v) is 7.53. The molecule has 1 aromatic rings. The third kappa shape index (κ3) is 4.50. The van der Waals surface area contributed by atoms with Crippen LogP contribution in [0.5, 0.6) is 5.75 Å². The molecule has 0 fully saturated rings. The lowest BCUT2D eigenvalue weighted by molar-refractivity contribution is -0.384. The Balaban J connectivity index is 3.21. The second kappa shape index (κ2) is 5.53. The third-order valence-corrected chi connectivity index (χ3v) is 2.93. The molecule has 100 valence electrons. The van der Waals surface area contributed by atoms with Gasteiger partial charge in [0.2, 0.25) is 9.05 Å². The molecule has 0 saturated carbocycles. The largest absolute Gasteiger partial charge is 0.491 e. The van der Waals surface area contributed by atoms with Gasteiger partial charge in [-0.15, -0.1) is 0 Å². The van der Waals surface area contributed by atoms with Crippen LogP contribution in [-0.2, 0) is 14.8 Å².